The van der Waals surface area contributed by atoms with Crippen molar-refractivity contribution in [2.75, 3.05) is 5.32 Å². The van der Waals surface area contributed by atoms with Crippen molar-refractivity contribution in [1.82, 2.24) is 4.57 Å². The van der Waals surface area contributed by atoms with E-state index < -0.39 is 16.4 Å². The predicted octanol–water partition coefficient (Wildman–Crippen LogP) is 3.26. The Kier molecular flexibility index (Phi) is 6.66. The molecule has 4 aromatic rings. The van der Waals surface area contributed by atoms with Crippen LogP contribution in [-0.4, -0.2) is 15.4 Å². The van der Waals surface area contributed by atoms with Crippen LogP contribution in [0.1, 0.15) is 11.1 Å². The molecule has 0 aliphatic heterocycles. The van der Waals surface area contributed by atoms with Crippen molar-refractivity contribution in [3.05, 3.63) is 120 Å². The molecule has 0 fully saturated rings. The normalized spacial score (nSPS) is 12.1. The number of nitro benzene ring substituents is 1. The molecule has 1 N–H and O–H groups in total. The van der Waals surface area contributed by atoms with E-state index in [4.69, 9.17) is 0 Å². The van der Waals surface area contributed by atoms with E-state index in [1.54, 1.807) is 54.6 Å². The van der Waals surface area contributed by atoms with Crippen LogP contribution in [0, 0.1) is 28.4 Å². The molecule has 0 spiro atoms. The maximum absolute atomic E-state index is 13.4. The Hall–Kier alpha value is -4.81. The molecule has 0 aliphatic rings. The summed E-state index contributed by atoms with van der Waals surface area (Å²) in [5.74, 6) is -0.647. The van der Waals surface area contributed by atoms with Gasteiger partial charge in [0, 0.05) is 17.8 Å². The summed E-state index contributed by atoms with van der Waals surface area (Å²) >= 11 is 0.969. The van der Waals surface area contributed by atoms with Crippen molar-refractivity contribution >= 4 is 40.3 Å². The van der Waals surface area contributed by atoms with Crippen molar-refractivity contribution in [1.29, 1.82) is 5.26 Å². The van der Waals surface area contributed by atoms with Crippen molar-refractivity contribution in [2.45, 2.75) is 6.92 Å². The van der Waals surface area contributed by atoms with Gasteiger partial charge < -0.3 is 5.32 Å². The molecule has 3 aromatic carbocycles. The van der Waals surface area contributed by atoms with E-state index in [1.165, 1.54) is 28.8 Å². The fraction of sp³-hybridized carbons (Fsp3) is 0.0385. The number of hydrogen-bond acceptors (Lipinski definition) is 6. The van der Waals surface area contributed by atoms with Gasteiger partial charge in [-0.05, 0) is 48.4 Å². The average molecular weight is 483 g/mol. The predicted molar refractivity (Wildman–Crippen MR) is 135 cm³/mol. The number of nitrogens with one attached hydrogen (secondary N) is 1. The zero-order chi connectivity index (χ0) is 24.9. The maximum atomic E-state index is 13.4. The van der Waals surface area contributed by atoms with Crippen molar-refractivity contribution in [3.63, 3.8) is 0 Å². The lowest BCUT2D eigenvalue weighted by Gasteiger charge is -2.06. The average Bonchev–Trinajstić information content (AvgIpc) is 3.15. The van der Waals surface area contributed by atoms with Gasteiger partial charge in [-0.2, -0.15) is 5.26 Å². The number of nitro groups is 1. The van der Waals surface area contributed by atoms with E-state index in [1.807, 2.05) is 19.1 Å². The highest BCUT2D eigenvalue weighted by Crippen LogP contribution is 2.14. The molecule has 0 aliphatic carbocycles. The van der Waals surface area contributed by atoms with E-state index in [9.17, 15) is 25.0 Å². The summed E-state index contributed by atoms with van der Waals surface area (Å²) in [4.78, 5) is 37.1. The van der Waals surface area contributed by atoms with Gasteiger partial charge in [0.05, 0.1) is 15.1 Å². The summed E-state index contributed by atoms with van der Waals surface area (Å²) < 4.78 is 1.69. The lowest BCUT2D eigenvalue weighted by Crippen LogP contribution is -2.32. The van der Waals surface area contributed by atoms with Crippen LogP contribution in [0.3, 0.4) is 0 Å². The van der Waals surface area contributed by atoms with E-state index in [2.05, 4.69) is 5.32 Å². The fourth-order valence-corrected chi connectivity index (χ4v) is 4.56. The number of benzene rings is 3. The van der Waals surface area contributed by atoms with E-state index in [0.29, 0.717) is 16.9 Å². The molecular formula is C26H18N4O4S. The van der Waals surface area contributed by atoms with Crippen LogP contribution in [0.25, 0.3) is 17.3 Å². The first-order valence-electron chi connectivity index (χ1n) is 10.4. The second-order valence-corrected chi connectivity index (χ2v) is 8.59. The number of para-hydroxylation sites is 1. The second-order valence-electron chi connectivity index (χ2n) is 7.55. The number of non-ortho nitro benzene ring substituents is 1. The van der Waals surface area contributed by atoms with Crippen molar-refractivity contribution in [2.24, 2.45) is 0 Å². The molecule has 8 nitrogen and oxygen atoms in total. The fourth-order valence-electron chi connectivity index (χ4n) is 3.45. The first-order valence-corrected chi connectivity index (χ1v) is 11.2. The number of anilines is 1. The standard InChI is InChI=1S/C26H18N4O4S/c1-17-7-5-9-19(13-17)28-24(31)22(16-27)26-29(20-10-3-2-4-11-20)25(32)23(35-26)15-18-8-6-12-21(14-18)30(33)34/h2-15H,1H3,(H,28,31)/b23-15+,26-22+. The third kappa shape index (κ3) is 5.08. The highest BCUT2D eigenvalue weighted by molar-refractivity contribution is 7.07. The number of aryl methyl sites for hydroxylation is 1. The minimum absolute atomic E-state index is 0.110. The highest BCUT2D eigenvalue weighted by atomic mass is 32.1. The van der Waals surface area contributed by atoms with Crippen LogP contribution in [-0.2, 0) is 4.79 Å². The van der Waals surface area contributed by atoms with Gasteiger partial charge in [0.1, 0.15) is 10.7 Å². The number of amides is 1. The number of nitriles is 1. The van der Waals surface area contributed by atoms with Crippen LogP contribution in [0.4, 0.5) is 11.4 Å². The molecule has 9 heteroatoms. The molecular weight excluding hydrogens is 464 g/mol. The molecule has 0 radical (unpaired) electrons. The Bertz CT molecular complexity index is 1660. The van der Waals surface area contributed by atoms with E-state index in [0.717, 1.165) is 16.9 Å². The Morgan fingerprint density at radius 3 is 2.51 bits per heavy atom. The topological polar surface area (TPSA) is 118 Å². The van der Waals surface area contributed by atoms with Gasteiger partial charge in [-0.3, -0.25) is 24.3 Å². The lowest BCUT2D eigenvalue weighted by molar-refractivity contribution is -0.384. The highest BCUT2D eigenvalue weighted by Gasteiger charge is 2.17. The van der Waals surface area contributed by atoms with Crippen LogP contribution < -0.4 is 20.1 Å². The van der Waals surface area contributed by atoms with Gasteiger partial charge in [0.2, 0.25) is 0 Å². The molecule has 0 saturated carbocycles. The number of aromatic nitrogens is 1. The Morgan fingerprint density at radius 1 is 1.09 bits per heavy atom. The summed E-state index contributed by atoms with van der Waals surface area (Å²) in [5, 5.41) is 23.8. The summed E-state index contributed by atoms with van der Waals surface area (Å²) in [7, 11) is 0. The van der Waals surface area contributed by atoms with Gasteiger partial charge in [0.25, 0.3) is 17.2 Å². The molecule has 0 atom stereocenters. The zero-order valence-corrected chi connectivity index (χ0v) is 19.3. The summed E-state index contributed by atoms with van der Waals surface area (Å²) in [6, 6.07) is 23.6. The number of nitrogens with zero attached hydrogens (tertiary/aromatic N) is 3. The summed E-state index contributed by atoms with van der Waals surface area (Å²) in [5.41, 5.74) is 1.62. The Balaban J connectivity index is 1.95. The van der Waals surface area contributed by atoms with Gasteiger partial charge in [-0.25, -0.2) is 0 Å². The maximum Gasteiger partial charge on any atom is 0.273 e. The van der Waals surface area contributed by atoms with Crippen molar-refractivity contribution < 1.29 is 9.72 Å². The summed E-state index contributed by atoms with van der Waals surface area (Å²) in [6.45, 7) is 1.88. The molecule has 172 valence electrons. The summed E-state index contributed by atoms with van der Waals surface area (Å²) in [6.07, 6.45) is 1.51. The number of hydrogen-bond donors (Lipinski definition) is 1. The first-order chi connectivity index (χ1) is 16.9. The van der Waals surface area contributed by atoms with Crippen molar-refractivity contribution in [3.8, 4) is 11.8 Å². The Labute approximate surface area is 203 Å². The lowest BCUT2D eigenvalue weighted by atomic mass is 10.2. The van der Waals surface area contributed by atoms with Gasteiger partial charge in [-0.15, -0.1) is 11.3 Å². The zero-order valence-electron chi connectivity index (χ0n) is 18.5. The minimum atomic E-state index is -0.647. The minimum Gasteiger partial charge on any atom is -0.321 e. The molecule has 4 rings (SSSR count). The molecule has 35 heavy (non-hydrogen) atoms. The molecule has 0 unspecified atom stereocenters. The van der Waals surface area contributed by atoms with Crippen LogP contribution in [0.15, 0.2) is 83.7 Å². The monoisotopic (exact) mass is 482 g/mol. The number of carbonyl (C=O) groups is 1. The third-order valence-electron chi connectivity index (χ3n) is 5.05. The smallest absolute Gasteiger partial charge is 0.273 e. The molecule has 1 aromatic heterocycles. The van der Waals surface area contributed by atoms with E-state index in [-0.39, 0.29) is 20.5 Å². The molecule has 0 saturated heterocycles. The van der Waals surface area contributed by atoms with Crippen LogP contribution in [0.2, 0.25) is 0 Å². The number of rotatable bonds is 5. The SMILES string of the molecule is Cc1cccc(NC(=O)/C(C#N)=c2/s/c(=C/c3cccc([N+](=O)[O-])c3)c(=O)n2-c2ccccc2)c1. The number of carbonyl (C=O) groups excluding carboxylic acids is 1. The molecule has 0 bridgehead atoms. The largest absolute Gasteiger partial charge is 0.321 e. The Morgan fingerprint density at radius 2 is 1.83 bits per heavy atom. The first kappa shape index (κ1) is 23.4. The van der Waals surface area contributed by atoms with E-state index >= 15 is 0 Å². The van der Waals surface area contributed by atoms with Gasteiger partial charge in [0.15, 0.2) is 5.57 Å². The van der Waals surface area contributed by atoms with Gasteiger partial charge in [-0.1, -0.05) is 42.5 Å². The number of thiazole rings is 1. The van der Waals surface area contributed by atoms with Gasteiger partial charge >= 0.3 is 0 Å². The molecule has 1 heterocycles. The van der Waals surface area contributed by atoms with Crippen LogP contribution >= 0.6 is 11.3 Å². The second kappa shape index (κ2) is 9.99. The molecule has 1 amide bonds. The quantitative estimate of drug-likeness (QED) is 0.346. The van der Waals surface area contributed by atoms with Crippen LogP contribution in [0.5, 0.6) is 0 Å². The third-order valence-corrected chi connectivity index (χ3v) is 6.14.